The van der Waals surface area contributed by atoms with E-state index in [9.17, 15) is 0 Å². The van der Waals surface area contributed by atoms with Gasteiger partial charge < -0.3 is 10.1 Å². The van der Waals surface area contributed by atoms with E-state index in [-0.39, 0.29) is 0 Å². The van der Waals surface area contributed by atoms with Crippen molar-refractivity contribution in [1.29, 1.82) is 0 Å². The highest BCUT2D eigenvalue weighted by atomic mass is 32.2. The first-order valence-corrected chi connectivity index (χ1v) is 10.3. The van der Waals surface area contributed by atoms with Crippen LogP contribution in [-0.4, -0.2) is 23.9 Å². The maximum Gasteiger partial charge on any atom is 0.206 e. The second-order valence-corrected chi connectivity index (χ2v) is 8.47. The van der Waals surface area contributed by atoms with Gasteiger partial charge in [0, 0.05) is 22.7 Å². The molecule has 126 valence electrons. The molecule has 7 heteroatoms. The van der Waals surface area contributed by atoms with E-state index in [4.69, 9.17) is 4.74 Å². The van der Waals surface area contributed by atoms with E-state index in [0.29, 0.717) is 0 Å². The number of thiophene rings is 1. The lowest BCUT2D eigenvalue weighted by molar-refractivity contribution is 0.411. The summed E-state index contributed by atoms with van der Waals surface area (Å²) in [5.74, 6) is 1.75. The van der Waals surface area contributed by atoms with Gasteiger partial charge in [0.2, 0.25) is 5.13 Å². The molecule has 2 heterocycles. The fourth-order valence-electron chi connectivity index (χ4n) is 2.25. The molecule has 0 unspecified atom stereocenters. The zero-order chi connectivity index (χ0) is 16.8. The lowest BCUT2D eigenvalue weighted by Crippen LogP contribution is -2.03. The van der Waals surface area contributed by atoms with Crippen LogP contribution in [0.25, 0.3) is 0 Å². The average molecular weight is 378 g/mol. The van der Waals surface area contributed by atoms with Gasteiger partial charge >= 0.3 is 0 Å². The van der Waals surface area contributed by atoms with Gasteiger partial charge in [-0.15, -0.1) is 21.5 Å². The van der Waals surface area contributed by atoms with Crippen molar-refractivity contribution in [2.24, 2.45) is 0 Å². The quantitative estimate of drug-likeness (QED) is 0.568. The normalized spacial score (nSPS) is 10.8. The fourth-order valence-corrected chi connectivity index (χ4v) is 4.71. The van der Waals surface area contributed by atoms with Crippen molar-refractivity contribution in [3.63, 3.8) is 0 Å². The van der Waals surface area contributed by atoms with Crippen LogP contribution in [0.3, 0.4) is 0 Å². The SMILES string of the molecule is COc1ccc(C)cc1CSc1nnc(NCCc2cccs2)s1. The topological polar surface area (TPSA) is 47.0 Å². The molecule has 4 nitrogen and oxygen atoms in total. The first kappa shape index (κ1) is 17.3. The molecule has 3 rings (SSSR count). The number of rotatable bonds is 8. The zero-order valence-corrected chi connectivity index (χ0v) is 16.1. The number of thioether (sulfide) groups is 1. The van der Waals surface area contributed by atoms with Crippen LogP contribution in [0.2, 0.25) is 0 Å². The molecule has 0 saturated carbocycles. The van der Waals surface area contributed by atoms with Gasteiger partial charge in [0.05, 0.1) is 7.11 Å². The Hall–Kier alpha value is -1.57. The number of hydrogen-bond donors (Lipinski definition) is 1. The van der Waals surface area contributed by atoms with Crippen molar-refractivity contribution >= 4 is 39.6 Å². The standard InChI is InChI=1S/C17H19N3OS3/c1-12-5-6-15(21-2)13(10-12)11-23-17-20-19-16(24-17)18-8-7-14-4-3-9-22-14/h3-6,9-10H,7-8,11H2,1-2H3,(H,18,19). The number of ether oxygens (including phenoxy) is 1. The minimum atomic E-state index is 0.828. The molecule has 0 atom stereocenters. The first-order valence-electron chi connectivity index (χ1n) is 7.60. The fraction of sp³-hybridized carbons (Fsp3) is 0.294. The molecule has 0 saturated heterocycles. The monoisotopic (exact) mass is 377 g/mol. The van der Waals surface area contributed by atoms with E-state index < -0.39 is 0 Å². The highest BCUT2D eigenvalue weighted by Crippen LogP contribution is 2.31. The molecule has 0 aliphatic carbocycles. The molecule has 0 amide bonds. The number of methoxy groups -OCH3 is 1. The molecule has 0 radical (unpaired) electrons. The van der Waals surface area contributed by atoms with Crippen molar-refractivity contribution in [2.45, 2.75) is 23.4 Å². The van der Waals surface area contributed by atoms with Crippen molar-refractivity contribution in [3.8, 4) is 5.75 Å². The summed E-state index contributed by atoms with van der Waals surface area (Å²) in [5.41, 5.74) is 2.42. The molecule has 2 aromatic heterocycles. The number of benzene rings is 1. The van der Waals surface area contributed by atoms with Gasteiger partial charge in [-0.3, -0.25) is 0 Å². The van der Waals surface area contributed by atoms with E-state index in [2.05, 4.69) is 52.1 Å². The van der Waals surface area contributed by atoms with E-state index in [1.807, 2.05) is 6.07 Å². The molecule has 0 spiro atoms. The third-order valence-corrected chi connectivity index (χ3v) is 6.42. The largest absolute Gasteiger partial charge is 0.496 e. The smallest absolute Gasteiger partial charge is 0.206 e. The van der Waals surface area contributed by atoms with Gasteiger partial charge in [-0.1, -0.05) is 46.9 Å². The Morgan fingerprint density at radius 3 is 2.96 bits per heavy atom. The third-order valence-electron chi connectivity index (χ3n) is 3.42. The van der Waals surface area contributed by atoms with Gasteiger partial charge in [-0.25, -0.2) is 0 Å². The number of nitrogens with zero attached hydrogens (tertiary/aromatic N) is 2. The van der Waals surface area contributed by atoms with Crippen LogP contribution in [0.4, 0.5) is 5.13 Å². The number of anilines is 1. The third kappa shape index (κ3) is 4.72. The predicted molar refractivity (Wildman–Crippen MR) is 104 cm³/mol. The molecule has 3 aromatic rings. The van der Waals surface area contributed by atoms with Crippen LogP contribution < -0.4 is 10.1 Å². The van der Waals surface area contributed by atoms with Crippen molar-refractivity contribution in [2.75, 3.05) is 19.0 Å². The second kappa shape index (κ2) is 8.50. The van der Waals surface area contributed by atoms with Crippen molar-refractivity contribution in [1.82, 2.24) is 10.2 Å². The van der Waals surface area contributed by atoms with Crippen LogP contribution in [0.1, 0.15) is 16.0 Å². The van der Waals surface area contributed by atoms with Crippen LogP contribution in [0.5, 0.6) is 5.75 Å². The van der Waals surface area contributed by atoms with E-state index in [0.717, 1.165) is 33.9 Å². The van der Waals surface area contributed by atoms with Crippen LogP contribution in [-0.2, 0) is 12.2 Å². The van der Waals surface area contributed by atoms with Crippen molar-refractivity contribution in [3.05, 3.63) is 51.7 Å². The van der Waals surface area contributed by atoms with Crippen LogP contribution in [0, 0.1) is 6.92 Å². The highest BCUT2D eigenvalue weighted by molar-refractivity contribution is 8.00. The number of aryl methyl sites for hydroxylation is 1. The molecular formula is C17H19N3OS3. The molecule has 1 N–H and O–H groups in total. The maximum absolute atomic E-state index is 5.43. The molecule has 0 bridgehead atoms. The van der Waals surface area contributed by atoms with Gasteiger partial charge in [0.15, 0.2) is 4.34 Å². The molecule has 24 heavy (non-hydrogen) atoms. The summed E-state index contributed by atoms with van der Waals surface area (Å²) in [4.78, 5) is 1.38. The van der Waals surface area contributed by atoms with Crippen LogP contribution in [0.15, 0.2) is 40.1 Å². The van der Waals surface area contributed by atoms with Crippen LogP contribution >= 0.6 is 34.4 Å². The molecular weight excluding hydrogens is 358 g/mol. The minimum Gasteiger partial charge on any atom is -0.496 e. The van der Waals surface area contributed by atoms with E-state index in [1.165, 1.54) is 16.0 Å². The Labute approximate surface area is 154 Å². The summed E-state index contributed by atoms with van der Waals surface area (Å²) in [5, 5.41) is 14.8. The Balaban J connectivity index is 1.51. The predicted octanol–water partition coefficient (Wildman–Crippen LogP) is 4.86. The number of hydrogen-bond acceptors (Lipinski definition) is 7. The number of nitrogens with one attached hydrogen (secondary N) is 1. The lowest BCUT2D eigenvalue weighted by Gasteiger charge is -2.08. The summed E-state index contributed by atoms with van der Waals surface area (Å²) < 4.78 is 6.39. The summed E-state index contributed by atoms with van der Waals surface area (Å²) in [7, 11) is 1.71. The van der Waals surface area contributed by atoms with Crippen molar-refractivity contribution < 1.29 is 4.74 Å². The number of aromatic nitrogens is 2. The van der Waals surface area contributed by atoms with Gasteiger partial charge in [-0.2, -0.15) is 0 Å². The maximum atomic E-state index is 5.43. The molecule has 0 aliphatic rings. The highest BCUT2D eigenvalue weighted by Gasteiger charge is 2.08. The Morgan fingerprint density at radius 2 is 2.17 bits per heavy atom. The Kier molecular flexibility index (Phi) is 6.12. The summed E-state index contributed by atoms with van der Waals surface area (Å²) >= 11 is 5.07. The second-order valence-electron chi connectivity index (χ2n) is 5.23. The Bertz CT molecular complexity index is 771. The zero-order valence-electron chi connectivity index (χ0n) is 13.6. The Morgan fingerprint density at radius 1 is 1.25 bits per heavy atom. The molecule has 0 aliphatic heterocycles. The molecule has 0 fully saturated rings. The summed E-state index contributed by atoms with van der Waals surface area (Å²) in [6.45, 7) is 2.97. The lowest BCUT2D eigenvalue weighted by atomic mass is 10.1. The van der Waals surface area contributed by atoms with E-state index in [1.54, 1.807) is 41.5 Å². The van der Waals surface area contributed by atoms with Gasteiger partial charge in [0.1, 0.15) is 5.75 Å². The average Bonchev–Trinajstić information content (AvgIpc) is 3.25. The van der Waals surface area contributed by atoms with Gasteiger partial charge in [-0.05, 0) is 30.9 Å². The van der Waals surface area contributed by atoms with E-state index >= 15 is 0 Å². The first-order chi connectivity index (χ1) is 11.7. The summed E-state index contributed by atoms with van der Waals surface area (Å²) in [6, 6.07) is 10.5. The molecule has 1 aromatic carbocycles. The summed E-state index contributed by atoms with van der Waals surface area (Å²) in [6.07, 6.45) is 1.01. The minimum absolute atomic E-state index is 0.828. The van der Waals surface area contributed by atoms with Gasteiger partial charge in [0.25, 0.3) is 0 Å².